The minimum atomic E-state index is -0.637. The number of rotatable bonds is 7. The second-order valence-electron chi connectivity index (χ2n) is 4.53. The fraction of sp³-hybridized carbons (Fsp3) is 0.833. The van der Waals surface area contributed by atoms with Crippen molar-refractivity contribution in [1.82, 2.24) is 0 Å². The average Bonchev–Trinajstić information content (AvgIpc) is 2.94. The minimum absolute atomic E-state index is 0.108. The molecule has 92 valence electrons. The Morgan fingerprint density at radius 2 is 2.19 bits per heavy atom. The van der Waals surface area contributed by atoms with Gasteiger partial charge in [-0.2, -0.15) is 0 Å². The zero-order chi connectivity index (χ0) is 12.0. The molecule has 1 aliphatic rings. The first kappa shape index (κ1) is 13.0. The van der Waals surface area contributed by atoms with Crippen LogP contribution in [-0.4, -0.2) is 25.0 Å². The summed E-state index contributed by atoms with van der Waals surface area (Å²) in [6.45, 7) is 2.07. The molecule has 1 fully saturated rings. The Morgan fingerprint density at radius 1 is 1.44 bits per heavy atom. The summed E-state index contributed by atoms with van der Waals surface area (Å²) in [5.41, 5.74) is 6.17. The lowest BCUT2D eigenvalue weighted by Gasteiger charge is -2.01. The zero-order valence-corrected chi connectivity index (χ0v) is 10.2. The lowest BCUT2D eigenvalue weighted by atomic mass is 10.1. The van der Waals surface area contributed by atoms with Gasteiger partial charge in [0, 0.05) is 12.8 Å². The summed E-state index contributed by atoms with van der Waals surface area (Å²) in [5, 5.41) is 0. The van der Waals surface area contributed by atoms with E-state index in [1.54, 1.807) is 0 Å². The number of carbonyl (C=O) groups is 1. The molecule has 0 heterocycles. The molecule has 2 atom stereocenters. The number of ether oxygens (including phenoxy) is 1. The molecule has 4 heteroatoms. The van der Waals surface area contributed by atoms with Crippen molar-refractivity contribution in [3.05, 3.63) is 0 Å². The van der Waals surface area contributed by atoms with Crippen molar-refractivity contribution in [1.29, 1.82) is 0 Å². The van der Waals surface area contributed by atoms with Gasteiger partial charge in [0.05, 0.1) is 0 Å². The summed E-state index contributed by atoms with van der Waals surface area (Å²) in [4.78, 5) is 14.6. The summed E-state index contributed by atoms with van der Waals surface area (Å²) >= 11 is 0. The van der Waals surface area contributed by atoms with Crippen LogP contribution in [0.15, 0.2) is 4.99 Å². The maximum atomic E-state index is 10.5. The molecule has 0 aliphatic heterocycles. The van der Waals surface area contributed by atoms with Crippen molar-refractivity contribution in [2.45, 2.75) is 51.6 Å². The van der Waals surface area contributed by atoms with Crippen molar-refractivity contribution >= 4 is 11.8 Å². The highest BCUT2D eigenvalue weighted by Crippen LogP contribution is 2.38. The number of hydrogen-bond donors (Lipinski definition) is 1. The summed E-state index contributed by atoms with van der Waals surface area (Å²) in [6, 6.07) is 0. The number of nitrogens with zero attached hydrogens (tertiary/aromatic N) is 1. The van der Waals surface area contributed by atoms with Crippen LogP contribution in [0.1, 0.15) is 45.4 Å². The first-order chi connectivity index (χ1) is 7.63. The van der Waals surface area contributed by atoms with E-state index in [0.717, 1.165) is 19.3 Å². The Balaban J connectivity index is 1.92. The van der Waals surface area contributed by atoms with Gasteiger partial charge in [0.2, 0.25) is 0 Å². The van der Waals surface area contributed by atoms with Crippen LogP contribution in [0, 0.1) is 5.92 Å². The molecule has 0 aromatic rings. The van der Waals surface area contributed by atoms with E-state index >= 15 is 0 Å². The minimum Gasteiger partial charge on any atom is -0.446 e. The summed E-state index contributed by atoms with van der Waals surface area (Å²) < 4.78 is 4.91. The molecule has 1 amide bonds. The van der Waals surface area contributed by atoms with Crippen LogP contribution in [-0.2, 0) is 4.74 Å². The maximum Gasteiger partial charge on any atom is 0.404 e. The van der Waals surface area contributed by atoms with E-state index in [1.165, 1.54) is 25.0 Å². The number of carbonyl (C=O) groups excluding carboxylic acids is 1. The molecule has 0 aromatic heterocycles. The first-order valence-corrected chi connectivity index (χ1v) is 6.02. The Hall–Kier alpha value is -1.06. The predicted octanol–water partition coefficient (Wildman–Crippen LogP) is 2.51. The molecule has 0 radical (unpaired) electrons. The number of unbranched alkanes of at least 4 members (excludes halogenated alkanes) is 2. The fourth-order valence-electron chi connectivity index (χ4n) is 1.89. The maximum absolute atomic E-state index is 10.5. The van der Waals surface area contributed by atoms with E-state index in [0.29, 0.717) is 5.92 Å². The molecule has 2 unspecified atom stereocenters. The van der Waals surface area contributed by atoms with Crippen molar-refractivity contribution in [2.24, 2.45) is 16.6 Å². The third kappa shape index (κ3) is 5.14. The van der Waals surface area contributed by atoms with E-state index in [2.05, 4.69) is 11.9 Å². The molecule has 1 aliphatic carbocycles. The van der Waals surface area contributed by atoms with Crippen LogP contribution < -0.4 is 5.73 Å². The van der Waals surface area contributed by atoms with Crippen LogP contribution in [0.4, 0.5) is 4.79 Å². The third-order valence-corrected chi connectivity index (χ3v) is 3.12. The standard InChI is InChI=1S/C12H22N2O2/c1-9(14-2)6-4-3-5-7-10-8-11(10)16-12(13)15/h10-11H,3-8H2,1-2H3,(H2,13,15). The van der Waals surface area contributed by atoms with Crippen molar-refractivity contribution in [3.63, 3.8) is 0 Å². The molecule has 0 aromatic carbocycles. The molecule has 0 bridgehead atoms. The summed E-state index contributed by atoms with van der Waals surface area (Å²) in [5.74, 6) is 0.563. The van der Waals surface area contributed by atoms with Gasteiger partial charge in [-0.3, -0.25) is 4.99 Å². The third-order valence-electron chi connectivity index (χ3n) is 3.12. The first-order valence-electron chi connectivity index (χ1n) is 6.02. The number of hydrogen-bond acceptors (Lipinski definition) is 3. The highest BCUT2D eigenvalue weighted by molar-refractivity contribution is 5.81. The Labute approximate surface area is 97.3 Å². The topological polar surface area (TPSA) is 64.7 Å². The molecule has 0 spiro atoms. The Bertz CT molecular complexity index is 264. The normalized spacial score (nSPS) is 24.2. The lowest BCUT2D eigenvalue weighted by molar-refractivity contribution is 0.142. The predicted molar refractivity (Wildman–Crippen MR) is 64.7 cm³/mol. The van der Waals surface area contributed by atoms with Gasteiger partial charge in [0.1, 0.15) is 6.10 Å². The van der Waals surface area contributed by atoms with E-state index in [4.69, 9.17) is 10.5 Å². The summed E-state index contributed by atoms with van der Waals surface area (Å²) in [7, 11) is 1.84. The van der Waals surface area contributed by atoms with Gasteiger partial charge in [0.25, 0.3) is 0 Å². The Morgan fingerprint density at radius 3 is 2.81 bits per heavy atom. The van der Waals surface area contributed by atoms with Crippen LogP contribution in [0.3, 0.4) is 0 Å². The van der Waals surface area contributed by atoms with E-state index in [-0.39, 0.29) is 6.10 Å². The van der Waals surface area contributed by atoms with Crippen LogP contribution in [0.25, 0.3) is 0 Å². The highest BCUT2D eigenvalue weighted by Gasteiger charge is 2.39. The van der Waals surface area contributed by atoms with Gasteiger partial charge in [-0.25, -0.2) is 4.79 Å². The SMILES string of the molecule is CN=C(C)CCCCCC1CC1OC(N)=O. The van der Waals surface area contributed by atoms with Gasteiger partial charge >= 0.3 is 6.09 Å². The molecule has 2 N–H and O–H groups in total. The van der Waals surface area contributed by atoms with Gasteiger partial charge in [0.15, 0.2) is 0 Å². The number of aliphatic imine (C=N–C) groups is 1. The fourth-order valence-corrected chi connectivity index (χ4v) is 1.89. The lowest BCUT2D eigenvalue weighted by Crippen LogP contribution is -2.15. The molecular formula is C12H22N2O2. The second-order valence-corrected chi connectivity index (χ2v) is 4.53. The molecule has 0 saturated heterocycles. The molecular weight excluding hydrogens is 204 g/mol. The van der Waals surface area contributed by atoms with Gasteiger partial charge in [-0.05, 0) is 38.5 Å². The van der Waals surface area contributed by atoms with Crippen LogP contribution in [0.5, 0.6) is 0 Å². The largest absolute Gasteiger partial charge is 0.446 e. The van der Waals surface area contributed by atoms with E-state index in [1.807, 2.05) is 7.05 Å². The molecule has 1 saturated carbocycles. The summed E-state index contributed by atoms with van der Waals surface area (Å²) in [6.07, 6.45) is 6.37. The van der Waals surface area contributed by atoms with Crippen LogP contribution in [0.2, 0.25) is 0 Å². The van der Waals surface area contributed by atoms with Crippen molar-refractivity contribution < 1.29 is 9.53 Å². The van der Waals surface area contributed by atoms with Crippen molar-refractivity contribution in [3.8, 4) is 0 Å². The number of amides is 1. The van der Waals surface area contributed by atoms with Crippen LogP contribution >= 0.6 is 0 Å². The van der Waals surface area contributed by atoms with E-state index < -0.39 is 6.09 Å². The highest BCUT2D eigenvalue weighted by atomic mass is 16.6. The molecule has 16 heavy (non-hydrogen) atoms. The average molecular weight is 226 g/mol. The smallest absolute Gasteiger partial charge is 0.404 e. The number of primary amides is 1. The van der Waals surface area contributed by atoms with Gasteiger partial charge < -0.3 is 10.5 Å². The van der Waals surface area contributed by atoms with E-state index in [9.17, 15) is 4.79 Å². The Kier molecular flexibility index (Phi) is 5.29. The van der Waals surface area contributed by atoms with Crippen molar-refractivity contribution in [2.75, 3.05) is 7.05 Å². The zero-order valence-electron chi connectivity index (χ0n) is 10.2. The molecule has 4 nitrogen and oxygen atoms in total. The van der Waals surface area contributed by atoms with Gasteiger partial charge in [-0.1, -0.05) is 12.8 Å². The van der Waals surface area contributed by atoms with Gasteiger partial charge in [-0.15, -0.1) is 0 Å². The second kappa shape index (κ2) is 6.51. The number of nitrogens with two attached hydrogens (primary N) is 1. The monoisotopic (exact) mass is 226 g/mol. The molecule has 1 rings (SSSR count). The quantitative estimate of drug-likeness (QED) is 0.535.